The molecule has 0 bridgehead atoms. The number of halogens is 10. The smallest absolute Gasteiger partial charge is 0.475 e. The largest absolute Gasteiger partial charge is 0.496 e. The van der Waals surface area contributed by atoms with Crippen LogP contribution in [0.15, 0.2) is 18.2 Å². The highest BCUT2D eigenvalue weighted by molar-refractivity contribution is 9.10. The first kappa shape index (κ1) is 21.1. The molecule has 0 fully saturated rings. The van der Waals surface area contributed by atoms with Crippen LogP contribution in [-0.2, 0) is 0 Å². The van der Waals surface area contributed by atoms with Gasteiger partial charge in [-0.3, -0.25) is 0 Å². The van der Waals surface area contributed by atoms with Crippen LogP contribution in [0.5, 0.6) is 17.2 Å². The molecule has 0 radical (unpaired) electrons. The molecule has 0 aliphatic carbocycles. The van der Waals surface area contributed by atoms with E-state index in [4.69, 9.17) is 0 Å². The molecule has 0 aliphatic heterocycles. The Kier molecular flexibility index (Phi) is 5.91. The topological polar surface area (TPSA) is 27.7 Å². The lowest BCUT2D eigenvalue weighted by Crippen LogP contribution is -2.41. The maximum absolute atomic E-state index is 13.1. The highest BCUT2D eigenvalue weighted by atomic mass is 79.9. The lowest BCUT2D eigenvalue weighted by Gasteiger charge is -2.24. The lowest BCUT2D eigenvalue weighted by molar-refractivity contribution is -0.268. The minimum absolute atomic E-state index is 0.280. The molecule has 1 aromatic rings. The molecule has 0 atom stereocenters. The summed E-state index contributed by atoms with van der Waals surface area (Å²) in [7, 11) is 0.970. The van der Waals surface area contributed by atoms with Crippen molar-refractivity contribution in [3.05, 3.63) is 18.2 Å². The minimum atomic E-state index is -5.08. The van der Waals surface area contributed by atoms with Gasteiger partial charge in [0.25, 0.3) is 0 Å². The van der Waals surface area contributed by atoms with Crippen molar-refractivity contribution in [2.24, 2.45) is 0 Å². The van der Waals surface area contributed by atoms with Gasteiger partial charge >= 0.3 is 21.9 Å². The lowest BCUT2D eigenvalue weighted by atomic mass is 10.3. The molecule has 0 unspecified atom stereocenters. The Balaban J connectivity index is 3.18. The molecule has 0 heterocycles. The molecule has 3 nitrogen and oxygen atoms in total. The standard InChI is InChI=1S/C11H6Br2F8O3/c1-22-5-2-6(23-10(18,19)8(12,14)15)4-7(3-5)24-11(20,21)9(13,16)17/h2-4H,1H3. The van der Waals surface area contributed by atoms with E-state index in [9.17, 15) is 35.1 Å². The first-order chi connectivity index (χ1) is 10.6. The van der Waals surface area contributed by atoms with E-state index in [0.29, 0.717) is 12.1 Å². The molecule has 0 aliphatic rings. The molecule has 1 aromatic carbocycles. The van der Waals surface area contributed by atoms with Gasteiger partial charge in [-0.15, -0.1) is 0 Å². The van der Waals surface area contributed by atoms with Crippen LogP contribution in [0.25, 0.3) is 0 Å². The zero-order valence-electron chi connectivity index (χ0n) is 11.2. The highest BCUT2D eigenvalue weighted by Crippen LogP contribution is 2.44. The summed E-state index contributed by atoms with van der Waals surface area (Å²) >= 11 is 2.78. The fourth-order valence-electron chi connectivity index (χ4n) is 1.19. The van der Waals surface area contributed by atoms with Crippen molar-refractivity contribution in [3.8, 4) is 17.2 Å². The Morgan fingerprint density at radius 1 is 0.667 bits per heavy atom. The van der Waals surface area contributed by atoms with Crippen LogP contribution < -0.4 is 14.2 Å². The third-order valence-corrected chi connectivity index (χ3v) is 3.16. The van der Waals surface area contributed by atoms with E-state index < -0.39 is 39.1 Å². The van der Waals surface area contributed by atoms with Crippen molar-refractivity contribution in [1.82, 2.24) is 0 Å². The summed E-state index contributed by atoms with van der Waals surface area (Å²) in [6.07, 6.45) is -10.2. The average molecular weight is 498 g/mol. The van der Waals surface area contributed by atoms with Crippen molar-refractivity contribution in [1.29, 1.82) is 0 Å². The first-order valence-corrected chi connectivity index (χ1v) is 7.14. The second-order valence-corrected chi connectivity index (χ2v) is 6.07. The second-order valence-electron chi connectivity index (χ2n) is 4.08. The maximum atomic E-state index is 13.1. The van der Waals surface area contributed by atoms with E-state index in [0.717, 1.165) is 7.11 Å². The van der Waals surface area contributed by atoms with Crippen LogP contribution >= 0.6 is 31.9 Å². The van der Waals surface area contributed by atoms with E-state index in [1.165, 1.54) is 31.9 Å². The summed E-state index contributed by atoms with van der Waals surface area (Å²) in [5.41, 5.74) is 0. The van der Waals surface area contributed by atoms with Crippen LogP contribution in [0, 0.1) is 0 Å². The molecule has 0 saturated heterocycles. The Morgan fingerprint density at radius 3 is 1.21 bits per heavy atom. The number of hydrogen-bond acceptors (Lipinski definition) is 3. The van der Waals surface area contributed by atoms with Crippen molar-refractivity contribution >= 4 is 31.9 Å². The summed E-state index contributed by atoms with van der Waals surface area (Å²) < 4.78 is 115. The number of ether oxygens (including phenoxy) is 3. The highest BCUT2D eigenvalue weighted by Gasteiger charge is 2.59. The summed E-state index contributed by atoms with van der Waals surface area (Å²) in [4.78, 5) is -9.59. The van der Waals surface area contributed by atoms with E-state index in [2.05, 4.69) is 14.2 Å². The van der Waals surface area contributed by atoms with Gasteiger partial charge < -0.3 is 14.2 Å². The summed E-state index contributed by atoms with van der Waals surface area (Å²) in [5, 5.41) is 0. The van der Waals surface area contributed by atoms with E-state index >= 15 is 0 Å². The van der Waals surface area contributed by atoms with Crippen molar-refractivity contribution in [2.45, 2.75) is 21.9 Å². The third kappa shape index (κ3) is 5.01. The number of methoxy groups -OCH3 is 1. The first-order valence-electron chi connectivity index (χ1n) is 5.55. The van der Waals surface area contributed by atoms with Crippen molar-refractivity contribution in [2.75, 3.05) is 7.11 Å². The molecule has 0 N–H and O–H groups in total. The molecule has 1 rings (SSSR count). The quantitative estimate of drug-likeness (QED) is 0.362. The predicted molar refractivity (Wildman–Crippen MR) is 71.9 cm³/mol. The van der Waals surface area contributed by atoms with Gasteiger partial charge in [0.2, 0.25) is 0 Å². The molecular weight excluding hydrogens is 492 g/mol. The molecule has 24 heavy (non-hydrogen) atoms. The fourth-order valence-corrected chi connectivity index (χ4v) is 1.35. The minimum Gasteiger partial charge on any atom is -0.496 e. The summed E-state index contributed by atoms with van der Waals surface area (Å²) in [6, 6.07) is 1.54. The average Bonchev–Trinajstić information content (AvgIpc) is 2.34. The van der Waals surface area contributed by atoms with Crippen LogP contribution in [0.3, 0.4) is 0 Å². The summed E-state index contributed by atoms with van der Waals surface area (Å²) in [6.45, 7) is 0. The molecule has 138 valence electrons. The third-order valence-electron chi connectivity index (χ3n) is 2.24. The molecule has 0 amide bonds. The normalized spacial score (nSPS) is 13.6. The zero-order chi connectivity index (χ0) is 19.0. The van der Waals surface area contributed by atoms with Crippen LogP contribution in [0.1, 0.15) is 0 Å². The Bertz CT molecular complexity index is 539. The van der Waals surface area contributed by atoms with Crippen molar-refractivity contribution in [3.63, 3.8) is 0 Å². The molecule has 0 saturated carbocycles. The van der Waals surface area contributed by atoms with Crippen molar-refractivity contribution < 1.29 is 49.3 Å². The number of benzene rings is 1. The molecule has 0 aromatic heterocycles. The van der Waals surface area contributed by atoms with Gasteiger partial charge in [0.1, 0.15) is 17.2 Å². The van der Waals surface area contributed by atoms with Gasteiger partial charge in [-0.1, -0.05) is 0 Å². The molecule has 0 spiro atoms. The molecular formula is C11H6Br2F8O3. The predicted octanol–water partition coefficient (Wildman–Crippen LogP) is 5.61. The fraction of sp³-hybridized carbons (Fsp3) is 0.455. The SMILES string of the molecule is COc1cc(OC(F)(F)C(F)(F)Br)cc(OC(F)(F)C(F)(F)Br)c1. The number of rotatable bonds is 7. The van der Waals surface area contributed by atoms with Crippen LogP contribution in [0.2, 0.25) is 0 Å². The number of hydrogen-bond donors (Lipinski definition) is 0. The Morgan fingerprint density at radius 2 is 0.958 bits per heavy atom. The van der Waals surface area contributed by atoms with E-state index in [-0.39, 0.29) is 6.07 Å². The molecule has 13 heteroatoms. The van der Waals surface area contributed by atoms with Gasteiger partial charge in [-0.25, -0.2) is 0 Å². The van der Waals surface area contributed by atoms with Crippen LogP contribution in [0.4, 0.5) is 35.1 Å². The van der Waals surface area contributed by atoms with Gasteiger partial charge in [0, 0.05) is 50.1 Å². The zero-order valence-corrected chi connectivity index (χ0v) is 14.4. The Labute approximate surface area is 146 Å². The summed E-state index contributed by atoms with van der Waals surface area (Å²) in [5.74, 6) is -2.64. The Hall–Kier alpha value is -0.980. The van der Waals surface area contributed by atoms with Gasteiger partial charge in [-0.05, 0) is 0 Å². The number of alkyl halides is 10. The van der Waals surface area contributed by atoms with E-state index in [1.54, 1.807) is 0 Å². The van der Waals surface area contributed by atoms with Gasteiger partial charge in [-0.2, -0.15) is 35.1 Å². The van der Waals surface area contributed by atoms with Gasteiger partial charge in [0.15, 0.2) is 0 Å². The van der Waals surface area contributed by atoms with Gasteiger partial charge in [0.05, 0.1) is 7.11 Å². The maximum Gasteiger partial charge on any atom is 0.475 e. The monoisotopic (exact) mass is 496 g/mol. The second kappa shape index (κ2) is 6.73. The van der Waals surface area contributed by atoms with Crippen LogP contribution in [-0.4, -0.2) is 29.0 Å². The van der Waals surface area contributed by atoms with E-state index in [1.807, 2.05) is 0 Å².